The first-order valence-electron chi connectivity index (χ1n) is 4.34. The second-order valence-corrected chi connectivity index (χ2v) is 4.01. The molecule has 1 aliphatic rings. The van der Waals surface area contributed by atoms with Gasteiger partial charge in [-0.25, -0.2) is 0 Å². The van der Waals surface area contributed by atoms with Crippen molar-refractivity contribution in [1.82, 2.24) is 4.90 Å². The minimum atomic E-state index is 0.495. The summed E-state index contributed by atoms with van der Waals surface area (Å²) in [6.07, 6.45) is 2.65. The highest BCUT2D eigenvalue weighted by molar-refractivity contribution is 4.94. The Kier molecular flexibility index (Phi) is 2.04. The second kappa shape index (κ2) is 2.54. The topological polar surface area (TPSA) is 3.24 Å². The van der Waals surface area contributed by atoms with Gasteiger partial charge < -0.3 is 0 Å². The molecule has 0 radical (unpaired) electrons. The molecule has 0 aliphatic carbocycles. The lowest BCUT2D eigenvalue weighted by Gasteiger charge is -2.51. The minimum absolute atomic E-state index is 0.495. The van der Waals surface area contributed by atoms with Crippen molar-refractivity contribution in [3.8, 4) is 0 Å². The quantitative estimate of drug-likeness (QED) is 0.570. The number of hydrogen-bond donors (Lipinski definition) is 0. The highest BCUT2D eigenvalue weighted by Crippen LogP contribution is 2.32. The summed E-state index contributed by atoms with van der Waals surface area (Å²) in [6, 6.07) is 0.781. The summed E-state index contributed by atoms with van der Waals surface area (Å²) in [5.41, 5.74) is 0.495. The van der Waals surface area contributed by atoms with Crippen LogP contribution in [0.1, 0.15) is 40.5 Å². The molecule has 1 heteroatoms. The van der Waals surface area contributed by atoms with Gasteiger partial charge in [0.05, 0.1) is 0 Å². The van der Waals surface area contributed by atoms with Gasteiger partial charge in [-0.15, -0.1) is 0 Å². The fraction of sp³-hybridized carbons (Fsp3) is 1.00. The molecule has 0 aromatic carbocycles. The molecule has 1 aliphatic heterocycles. The molecule has 0 aromatic rings. The highest BCUT2D eigenvalue weighted by Gasteiger charge is 2.37. The molecule has 1 atom stereocenters. The molecule has 0 amide bonds. The Hall–Kier alpha value is -0.0400. The third-order valence-electron chi connectivity index (χ3n) is 2.86. The summed E-state index contributed by atoms with van der Waals surface area (Å²) in [7, 11) is 0. The van der Waals surface area contributed by atoms with E-state index < -0.39 is 0 Å². The molecule has 1 unspecified atom stereocenters. The van der Waals surface area contributed by atoms with Crippen molar-refractivity contribution >= 4 is 0 Å². The number of rotatable bonds is 2. The summed E-state index contributed by atoms with van der Waals surface area (Å²) < 4.78 is 0. The van der Waals surface area contributed by atoms with E-state index in [0.717, 1.165) is 6.04 Å². The first-order valence-corrected chi connectivity index (χ1v) is 4.34. The number of hydrogen-bond acceptors (Lipinski definition) is 1. The maximum atomic E-state index is 2.59. The van der Waals surface area contributed by atoms with E-state index in [9.17, 15) is 0 Å². The lowest BCUT2D eigenvalue weighted by molar-refractivity contribution is -0.0194. The van der Waals surface area contributed by atoms with Crippen LogP contribution in [0.2, 0.25) is 0 Å². The lowest BCUT2D eigenvalue weighted by atomic mass is 9.87. The van der Waals surface area contributed by atoms with Crippen LogP contribution >= 0.6 is 0 Å². The van der Waals surface area contributed by atoms with Crippen LogP contribution in [0.5, 0.6) is 0 Å². The Labute approximate surface area is 64.4 Å². The third kappa shape index (κ3) is 1.20. The van der Waals surface area contributed by atoms with Gasteiger partial charge in [0, 0.05) is 18.1 Å². The molecule has 0 bridgehead atoms. The third-order valence-corrected chi connectivity index (χ3v) is 2.86. The van der Waals surface area contributed by atoms with Crippen LogP contribution < -0.4 is 0 Å². The predicted octanol–water partition coefficient (Wildman–Crippen LogP) is 2.27. The van der Waals surface area contributed by atoms with E-state index in [1.165, 1.54) is 19.4 Å². The summed E-state index contributed by atoms with van der Waals surface area (Å²) in [6.45, 7) is 10.6. The zero-order valence-electron chi connectivity index (χ0n) is 7.65. The van der Waals surface area contributed by atoms with Crippen molar-refractivity contribution in [2.24, 2.45) is 0 Å². The van der Waals surface area contributed by atoms with Crippen LogP contribution in [0.4, 0.5) is 0 Å². The number of likely N-dealkylation sites (tertiary alicyclic amines) is 1. The Morgan fingerprint density at radius 3 is 2.20 bits per heavy atom. The Morgan fingerprint density at radius 2 is 2.10 bits per heavy atom. The van der Waals surface area contributed by atoms with Gasteiger partial charge in [-0.2, -0.15) is 0 Å². The normalized spacial score (nSPS) is 27.6. The standard InChI is InChI=1S/C9H19N/c1-5-8(2)10-7-6-9(10,3)4/h8H,5-7H2,1-4H3. The Bertz CT molecular complexity index is 118. The summed E-state index contributed by atoms with van der Waals surface area (Å²) >= 11 is 0. The predicted molar refractivity (Wildman–Crippen MR) is 45.2 cm³/mol. The smallest absolute Gasteiger partial charge is 0.0168 e. The van der Waals surface area contributed by atoms with Crippen molar-refractivity contribution in [3.05, 3.63) is 0 Å². The van der Waals surface area contributed by atoms with Gasteiger partial charge >= 0.3 is 0 Å². The van der Waals surface area contributed by atoms with Gasteiger partial charge in [-0.1, -0.05) is 6.92 Å². The molecule has 60 valence electrons. The van der Waals surface area contributed by atoms with E-state index in [1.807, 2.05) is 0 Å². The van der Waals surface area contributed by atoms with Gasteiger partial charge in [-0.05, 0) is 33.6 Å². The molecule has 1 saturated heterocycles. The molecule has 0 spiro atoms. The molecular weight excluding hydrogens is 122 g/mol. The molecule has 0 aromatic heterocycles. The van der Waals surface area contributed by atoms with Crippen LogP contribution in [0.25, 0.3) is 0 Å². The van der Waals surface area contributed by atoms with Crippen molar-refractivity contribution in [2.75, 3.05) is 6.54 Å². The second-order valence-electron chi connectivity index (χ2n) is 4.01. The lowest BCUT2D eigenvalue weighted by Crippen LogP contribution is -2.59. The van der Waals surface area contributed by atoms with Crippen molar-refractivity contribution in [1.29, 1.82) is 0 Å². The highest BCUT2D eigenvalue weighted by atomic mass is 15.3. The van der Waals surface area contributed by atoms with E-state index in [1.54, 1.807) is 0 Å². The molecule has 1 rings (SSSR count). The molecular formula is C9H19N. The zero-order chi connectivity index (χ0) is 7.78. The van der Waals surface area contributed by atoms with Crippen molar-refractivity contribution in [2.45, 2.75) is 52.1 Å². The Morgan fingerprint density at radius 1 is 1.50 bits per heavy atom. The fourth-order valence-electron chi connectivity index (χ4n) is 1.73. The van der Waals surface area contributed by atoms with Crippen LogP contribution in [0, 0.1) is 0 Å². The first kappa shape index (κ1) is 8.06. The van der Waals surface area contributed by atoms with Gasteiger partial charge in [0.25, 0.3) is 0 Å². The molecule has 1 heterocycles. The van der Waals surface area contributed by atoms with Crippen molar-refractivity contribution < 1.29 is 0 Å². The van der Waals surface area contributed by atoms with Crippen LogP contribution in [0.3, 0.4) is 0 Å². The first-order chi connectivity index (χ1) is 4.58. The van der Waals surface area contributed by atoms with Gasteiger partial charge in [-0.3, -0.25) is 4.90 Å². The Balaban J connectivity index is 2.43. The monoisotopic (exact) mass is 141 g/mol. The van der Waals surface area contributed by atoms with E-state index in [-0.39, 0.29) is 0 Å². The summed E-state index contributed by atoms with van der Waals surface area (Å²) in [4.78, 5) is 2.59. The van der Waals surface area contributed by atoms with E-state index in [0.29, 0.717) is 5.54 Å². The van der Waals surface area contributed by atoms with Crippen molar-refractivity contribution in [3.63, 3.8) is 0 Å². The van der Waals surface area contributed by atoms with E-state index in [4.69, 9.17) is 0 Å². The van der Waals surface area contributed by atoms with E-state index >= 15 is 0 Å². The number of nitrogens with zero attached hydrogens (tertiary/aromatic N) is 1. The average Bonchev–Trinajstić information content (AvgIpc) is 1.86. The molecule has 10 heavy (non-hydrogen) atoms. The molecule has 0 N–H and O–H groups in total. The maximum Gasteiger partial charge on any atom is 0.0168 e. The molecule has 1 nitrogen and oxygen atoms in total. The maximum absolute atomic E-state index is 2.59. The van der Waals surface area contributed by atoms with Gasteiger partial charge in [0.1, 0.15) is 0 Å². The van der Waals surface area contributed by atoms with Crippen LogP contribution in [0.15, 0.2) is 0 Å². The van der Waals surface area contributed by atoms with Gasteiger partial charge in [0.15, 0.2) is 0 Å². The fourth-order valence-corrected chi connectivity index (χ4v) is 1.73. The van der Waals surface area contributed by atoms with Crippen LogP contribution in [-0.4, -0.2) is 23.0 Å². The molecule has 1 fully saturated rings. The van der Waals surface area contributed by atoms with Gasteiger partial charge in [0.2, 0.25) is 0 Å². The van der Waals surface area contributed by atoms with E-state index in [2.05, 4.69) is 32.6 Å². The summed E-state index contributed by atoms with van der Waals surface area (Å²) in [5.74, 6) is 0. The SMILES string of the molecule is CCC(C)N1CCC1(C)C. The van der Waals surface area contributed by atoms with Crippen LogP contribution in [-0.2, 0) is 0 Å². The zero-order valence-corrected chi connectivity index (χ0v) is 7.65. The molecule has 0 saturated carbocycles. The largest absolute Gasteiger partial charge is 0.295 e. The summed E-state index contributed by atoms with van der Waals surface area (Å²) in [5, 5.41) is 0. The average molecular weight is 141 g/mol. The minimum Gasteiger partial charge on any atom is -0.295 e.